The van der Waals surface area contributed by atoms with Crippen LogP contribution >= 0.6 is 34.8 Å². The molecule has 3 rings (SSSR count). The van der Waals surface area contributed by atoms with Crippen molar-refractivity contribution in [3.63, 3.8) is 0 Å². The Labute approximate surface area is 155 Å². The average molecular weight is 388 g/mol. The number of likely N-dealkylation sites (N-methyl/N-ethyl adjacent to an activating group) is 1. The molecule has 2 amide bonds. The largest absolute Gasteiger partial charge is 0.366 e. The van der Waals surface area contributed by atoms with Crippen molar-refractivity contribution in [3.8, 4) is 0 Å². The summed E-state index contributed by atoms with van der Waals surface area (Å²) in [5.74, 6) is -1.02. The quantitative estimate of drug-likeness (QED) is 0.713. The standard InChI is InChI=1S/C17H17Cl3N2O2/c1-21(11-5-3-2-4-6-11)15-14(20)16(23)22(17(15)24)13-9-10(18)7-8-12(13)19/h7-9,11H,2-6H2,1H3. The van der Waals surface area contributed by atoms with Crippen LogP contribution < -0.4 is 4.90 Å². The summed E-state index contributed by atoms with van der Waals surface area (Å²) in [6.07, 6.45) is 5.42. The van der Waals surface area contributed by atoms with Crippen molar-refractivity contribution in [2.45, 2.75) is 38.1 Å². The zero-order chi connectivity index (χ0) is 17.4. The third-order valence-corrected chi connectivity index (χ3v) is 5.52. The van der Waals surface area contributed by atoms with Crippen molar-refractivity contribution < 1.29 is 9.59 Å². The maximum Gasteiger partial charge on any atom is 0.283 e. The lowest BCUT2D eigenvalue weighted by atomic mass is 9.94. The minimum absolute atomic E-state index is 0.0656. The molecule has 0 radical (unpaired) electrons. The molecule has 1 fully saturated rings. The van der Waals surface area contributed by atoms with E-state index in [-0.39, 0.29) is 27.5 Å². The van der Waals surface area contributed by atoms with E-state index in [1.165, 1.54) is 12.5 Å². The topological polar surface area (TPSA) is 40.6 Å². The van der Waals surface area contributed by atoms with Gasteiger partial charge in [-0.15, -0.1) is 0 Å². The summed E-state index contributed by atoms with van der Waals surface area (Å²) in [6, 6.07) is 4.86. The molecule has 0 atom stereocenters. The molecular formula is C17H17Cl3N2O2. The maximum atomic E-state index is 12.9. The first-order valence-electron chi connectivity index (χ1n) is 7.88. The van der Waals surface area contributed by atoms with Crippen molar-refractivity contribution >= 4 is 52.3 Å². The van der Waals surface area contributed by atoms with Crippen LogP contribution in [0.15, 0.2) is 28.9 Å². The zero-order valence-electron chi connectivity index (χ0n) is 13.2. The molecule has 7 heteroatoms. The Hall–Kier alpha value is -1.23. The zero-order valence-corrected chi connectivity index (χ0v) is 15.5. The van der Waals surface area contributed by atoms with Gasteiger partial charge in [0.2, 0.25) is 0 Å². The molecule has 1 aliphatic heterocycles. The van der Waals surface area contributed by atoms with Gasteiger partial charge in [-0.25, -0.2) is 4.90 Å². The van der Waals surface area contributed by atoms with Crippen LogP contribution in [0.1, 0.15) is 32.1 Å². The van der Waals surface area contributed by atoms with Crippen LogP contribution in [-0.2, 0) is 9.59 Å². The normalized spacial score (nSPS) is 19.4. The summed E-state index contributed by atoms with van der Waals surface area (Å²) in [7, 11) is 1.82. The predicted molar refractivity (Wildman–Crippen MR) is 96.5 cm³/mol. The minimum Gasteiger partial charge on any atom is -0.366 e. The van der Waals surface area contributed by atoms with Crippen molar-refractivity contribution in [2.75, 3.05) is 11.9 Å². The Kier molecular flexibility index (Phi) is 5.09. The number of imide groups is 1. The van der Waals surface area contributed by atoms with Crippen LogP contribution in [0.5, 0.6) is 0 Å². The van der Waals surface area contributed by atoms with Crippen molar-refractivity contribution in [2.24, 2.45) is 0 Å². The number of anilines is 1. The Morgan fingerprint density at radius 1 is 1.04 bits per heavy atom. The van der Waals surface area contributed by atoms with Gasteiger partial charge >= 0.3 is 0 Å². The first kappa shape index (κ1) is 17.6. The van der Waals surface area contributed by atoms with Crippen LogP contribution in [0.2, 0.25) is 10.0 Å². The molecule has 4 nitrogen and oxygen atoms in total. The molecular weight excluding hydrogens is 371 g/mol. The molecule has 0 bridgehead atoms. The third-order valence-electron chi connectivity index (χ3n) is 4.63. The molecule has 0 saturated heterocycles. The third kappa shape index (κ3) is 3.03. The van der Waals surface area contributed by atoms with E-state index in [9.17, 15) is 9.59 Å². The van der Waals surface area contributed by atoms with Gasteiger partial charge in [-0.2, -0.15) is 0 Å². The molecule has 24 heavy (non-hydrogen) atoms. The summed E-state index contributed by atoms with van der Waals surface area (Å²) in [5.41, 5.74) is 0.494. The molecule has 0 N–H and O–H groups in total. The van der Waals surface area contributed by atoms with Crippen molar-refractivity contribution in [3.05, 3.63) is 39.0 Å². The monoisotopic (exact) mass is 386 g/mol. The fourth-order valence-corrected chi connectivity index (χ4v) is 3.99. The van der Waals surface area contributed by atoms with E-state index in [2.05, 4.69) is 0 Å². The summed E-state index contributed by atoms with van der Waals surface area (Å²) in [6.45, 7) is 0. The van der Waals surface area contributed by atoms with E-state index in [4.69, 9.17) is 34.8 Å². The minimum atomic E-state index is -0.566. The molecule has 1 aliphatic carbocycles. The van der Waals surface area contributed by atoms with Gasteiger partial charge in [0.05, 0.1) is 10.7 Å². The Balaban J connectivity index is 1.94. The number of carbonyl (C=O) groups excluding carboxylic acids is 2. The van der Waals surface area contributed by atoms with E-state index in [1.807, 2.05) is 11.9 Å². The summed E-state index contributed by atoms with van der Waals surface area (Å²) < 4.78 is 0. The van der Waals surface area contributed by atoms with Gasteiger partial charge in [0.1, 0.15) is 10.7 Å². The summed E-state index contributed by atoms with van der Waals surface area (Å²) in [5, 5.41) is 0.594. The molecule has 128 valence electrons. The fourth-order valence-electron chi connectivity index (χ4n) is 3.32. The van der Waals surface area contributed by atoms with Crippen LogP contribution in [0, 0.1) is 0 Å². The predicted octanol–water partition coefficient (Wildman–Crippen LogP) is 4.58. The first-order valence-corrected chi connectivity index (χ1v) is 9.01. The van der Waals surface area contributed by atoms with Crippen molar-refractivity contribution in [1.29, 1.82) is 0 Å². The lowest BCUT2D eigenvalue weighted by Crippen LogP contribution is -2.38. The van der Waals surface area contributed by atoms with Crippen LogP contribution in [0.4, 0.5) is 5.69 Å². The Morgan fingerprint density at radius 3 is 2.38 bits per heavy atom. The van der Waals surface area contributed by atoms with Gasteiger partial charge in [-0.05, 0) is 31.0 Å². The second-order valence-corrected chi connectivity index (χ2v) is 7.33. The second kappa shape index (κ2) is 6.95. The number of nitrogens with zero attached hydrogens (tertiary/aromatic N) is 2. The second-order valence-electron chi connectivity index (χ2n) is 6.11. The summed E-state index contributed by atoms with van der Waals surface area (Å²) >= 11 is 18.4. The number of benzene rings is 1. The van der Waals surface area contributed by atoms with Crippen LogP contribution in [0.3, 0.4) is 0 Å². The molecule has 1 aromatic rings. The highest BCUT2D eigenvalue weighted by Gasteiger charge is 2.42. The van der Waals surface area contributed by atoms with Crippen LogP contribution in [-0.4, -0.2) is 29.8 Å². The molecule has 1 aromatic carbocycles. The van der Waals surface area contributed by atoms with Crippen molar-refractivity contribution in [1.82, 2.24) is 4.90 Å². The van der Waals surface area contributed by atoms with E-state index < -0.39 is 11.8 Å². The van der Waals surface area contributed by atoms with Gasteiger partial charge in [0, 0.05) is 18.1 Å². The first-order chi connectivity index (χ1) is 11.4. The van der Waals surface area contributed by atoms with Gasteiger partial charge in [-0.1, -0.05) is 54.1 Å². The molecule has 2 aliphatic rings. The fraction of sp³-hybridized carbons (Fsp3) is 0.412. The number of halogens is 3. The Morgan fingerprint density at radius 2 is 1.71 bits per heavy atom. The molecule has 1 saturated carbocycles. The van der Waals surface area contributed by atoms with E-state index in [0.717, 1.165) is 30.6 Å². The van der Waals surface area contributed by atoms with Gasteiger partial charge in [-0.3, -0.25) is 9.59 Å². The molecule has 1 heterocycles. The SMILES string of the molecule is CN(C1=C(Cl)C(=O)N(c2cc(Cl)ccc2Cl)C1=O)C1CCCCC1. The molecule has 0 aromatic heterocycles. The van der Waals surface area contributed by atoms with E-state index in [1.54, 1.807) is 12.1 Å². The number of carbonyl (C=O) groups is 2. The smallest absolute Gasteiger partial charge is 0.283 e. The van der Waals surface area contributed by atoms with Gasteiger partial charge < -0.3 is 4.90 Å². The van der Waals surface area contributed by atoms with Crippen LogP contribution in [0.25, 0.3) is 0 Å². The maximum absolute atomic E-state index is 12.9. The van der Waals surface area contributed by atoms with E-state index >= 15 is 0 Å². The van der Waals surface area contributed by atoms with Gasteiger partial charge in [0.25, 0.3) is 11.8 Å². The number of rotatable bonds is 3. The average Bonchev–Trinajstić information content (AvgIpc) is 2.80. The molecule has 0 spiro atoms. The highest BCUT2D eigenvalue weighted by molar-refractivity contribution is 6.53. The lowest BCUT2D eigenvalue weighted by molar-refractivity contribution is -0.121. The molecule has 0 unspecified atom stereocenters. The highest BCUT2D eigenvalue weighted by atomic mass is 35.5. The lowest BCUT2D eigenvalue weighted by Gasteiger charge is -2.33. The Bertz CT molecular complexity index is 727. The van der Waals surface area contributed by atoms with Gasteiger partial charge in [0.15, 0.2) is 0 Å². The number of hydrogen-bond donors (Lipinski definition) is 0. The number of hydrogen-bond acceptors (Lipinski definition) is 3. The number of amides is 2. The van der Waals surface area contributed by atoms with E-state index in [0.29, 0.717) is 5.02 Å². The summed E-state index contributed by atoms with van der Waals surface area (Å²) in [4.78, 5) is 28.3. The highest BCUT2D eigenvalue weighted by Crippen LogP contribution is 2.37.